The first-order valence-corrected chi connectivity index (χ1v) is 9.81. The van der Waals surface area contributed by atoms with Gasteiger partial charge in [0.15, 0.2) is 5.76 Å². The zero-order valence-electron chi connectivity index (χ0n) is 15.1. The van der Waals surface area contributed by atoms with Gasteiger partial charge in [0.05, 0.1) is 6.04 Å². The molecule has 2 aromatic carbocycles. The summed E-state index contributed by atoms with van der Waals surface area (Å²) in [6.07, 6.45) is 0. The van der Waals surface area contributed by atoms with Crippen molar-refractivity contribution >= 4 is 10.0 Å². The Bertz CT molecular complexity index is 1020. The van der Waals surface area contributed by atoms with E-state index in [1.807, 2.05) is 6.07 Å². The van der Waals surface area contributed by atoms with Gasteiger partial charge in [-0.3, -0.25) is 0 Å². The van der Waals surface area contributed by atoms with Crippen LogP contribution in [0.4, 0.5) is 8.78 Å². The molecule has 148 valence electrons. The summed E-state index contributed by atoms with van der Waals surface area (Å²) in [4.78, 5) is -0.0221. The Kier molecular flexibility index (Phi) is 5.76. The quantitative estimate of drug-likeness (QED) is 0.640. The molecule has 0 bridgehead atoms. The molecule has 0 aliphatic heterocycles. The van der Waals surface area contributed by atoms with Crippen molar-refractivity contribution in [3.8, 4) is 5.75 Å². The maximum Gasteiger partial charge on any atom is 0.387 e. The maximum atomic E-state index is 13.0. The normalized spacial score (nSPS) is 12.9. The molecular formula is C19H18F2N2O4S. The summed E-state index contributed by atoms with van der Waals surface area (Å²) in [5, 5.41) is 3.69. The van der Waals surface area contributed by atoms with Crippen molar-refractivity contribution in [3.05, 3.63) is 77.2 Å². The predicted octanol–water partition coefficient (Wildman–Crippen LogP) is 3.96. The van der Waals surface area contributed by atoms with Crippen LogP contribution in [0.2, 0.25) is 0 Å². The molecule has 3 rings (SSSR count). The van der Waals surface area contributed by atoms with Gasteiger partial charge >= 0.3 is 6.61 Å². The summed E-state index contributed by atoms with van der Waals surface area (Å²) in [5.41, 5.74) is 1.49. The second-order valence-electron chi connectivity index (χ2n) is 6.07. The fourth-order valence-corrected chi connectivity index (χ4v) is 4.43. The number of sulfonamides is 1. The standard InChI is InChI=1S/C19H18F2N2O4S/c1-12-18(13(2)27-22-12)28(24,25)23-17(14-6-4-3-5-7-14)15-8-10-16(11-9-15)26-19(20)21/h3-11,17,19,23H,1-2H3. The molecule has 9 heteroatoms. The first-order chi connectivity index (χ1) is 13.3. The number of rotatable bonds is 7. The third-order valence-corrected chi connectivity index (χ3v) is 5.75. The summed E-state index contributed by atoms with van der Waals surface area (Å²) >= 11 is 0. The molecule has 1 unspecified atom stereocenters. The van der Waals surface area contributed by atoms with Crippen LogP contribution in [0.15, 0.2) is 64.0 Å². The van der Waals surface area contributed by atoms with Crippen molar-refractivity contribution in [3.63, 3.8) is 0 Å². The minimum absolute atomic E-state index is 0.0147. The van der Waals surface area contributed by atoms with Crippen LogP contribution in [-0.4, -0.2) is 20.2 Å². The molecule has 0 fully saturated rings. The number of hydrogen-bond donors (Lipinski definition) is 1. The average molecular weight is 408 g/mol. The van der Waals surface area contributed by atoms with E-state index in [1.54, 1.807) is 31.2 Å². The highest BCUT2D eigenvalue weighted by Crippen LogP contribution is 2.28. The van der Waals surface area contributed by atoms with Crippen LogP contribution < -0.4 is 9.46 Å². The number of ether oxygens (including phenoxy) is 1. The average Bonchev–Trinajstić information content (AvgIpc) is 3.00. The highest BCUT2D eigenvalue weighted by Gasteiger charge is 2.28. The second kappa shape index (κ2) is 8.07. The lowest BCUT2D eigenvalue weighted by Crippen LogP contribution is -2.30. The number of nitrogens with one attached hydrogen (secondary N) is 1. The van der Waals surface area contributed by atoms with Crippen molar-refractivity contribution in [2.45, 2.75) is 31.4 Å². The van der Waals surface area contributed by atoms with Crippen LogP contribution in [0.1, 0.15) is 28.6 Å². The molecule has 1 atom stereocenters. The lowest BCUT2D eigenvalue weighted by Gasteiger charge is -2.20. The fourth-order valence-electron chi connectivity index (χ4n) is 2.89. The monoisotopic (exact) mass is 408 g/mol. The van der Waals surface area contributed by atoms with Gasteiger partial charge < -0.3 is 9.26 Å². The predicted molar refractivity (Wildman–Crippen MR) is 97.7 cm³/mol. The molecule has 28 heavy (non-hydrogen) atoms. The third kappa shape index (κ3) is 4.37. The van der Waals surface area contributed by atoms with E-state index in [0.29, 0.717) is 11.1 Å². The Hall–Kier alpha value is -2.78. The number of hydrogen-bond acceptors (Lipinski definition) is 5. The van der Waals surface area contributed by atoms with Crippen LogP contribution >= 0.6 is 0 Å². The van der Waals surface area contributed by atoms with Crippen molar-refractivity contribution in [1.29, 1.82) is 0 Å². The number of alkyl halides is 2. The number of nitrogens with zero attached hydrogens (tertiary/aromatic N) is 1. The number of halogens is 2. The Balaban J connectivity index is 1.99. The summed E-state index contributed by atoms with van der Waals surface area (Å²) in [6, 6.07) is 13.9. The smallest absolute Gasteiger partial charge is 0.387 e. The molecule has 0 radical (unpaired) electrons. The zero-order chi connectivity index (χ0) is 20.3. The van der Waals surface area contributed by atoms with Gasteiger partial charge in [-0.05, 0) is 37.1 Å². The van der Waals surface area contributed by atoms with Crippen molar-refractivity contribution in [2.75, 3.05) is 0 Å². The maximum absolute atomic E-state index is 13.0. The van der Waals surface area contributed by atoms with Gasteiger partial charge in [0, 0.05) is 0 Å². The highest BCUT2D eigenvalue weighted by molar-refractivity contribution is 7.89. The first kappa shape index (κ1) is 20.0. The third-order valence-electron chi connectivity index (χ3n) is 4.08. The van der Waals surface area contributed by atoms with Gasteiger partial charge in [-0.15, -0.1) is 0 Å². The minimum Gasteiger partial charge on any atom is -0.435 e. The SMILES string of the molecule is Cc1noc(C)c1S(=O)(=O)NC(c1ccccc1)c1ccc(OC(F)F)cc1. The molecule has 0 saturated heterocycles. The molecule has 0 amide bonds. The summed E-state index contributed by atoms with van der Waals surface area (Å²) in [7, 11) is -3.96. The van der Waals surface area contributed by atoms with E-state index in [1.165, 1.54) is 31.2 Å². The van der Waals surface area contributed by atoms with E-state index < -0.39 is 22.7 Å². The van der Waals surface area contributed by atoms with E-state index in [9.17, 15) is 17.2 Å². The van der Waals surface area contributed by atoms with Crippen LogP contribution in [0.25, 0.3) is 0 Å². The van der Waals surface area contributed by atoms with Crippen molar-refractivity contribution < 1.29 is 26.5 Å². The molecule has 1 aromatic heterocycles. The largest absolute Gasteiger partial charge is 0.435 e. The molecule has 0 aliphatic rings. The zero-order valence-corrected chi connectivity index (χ0v) is 15.9. The van der Waals surface area contributed by atoms with Gasteiger partial charge in [-0.2, -0.15) is 13.5 Å². The lowest BCUT2D eigenvalue weighted by molar-refractivity contribution is -0.0498. The van der Waals surface area contributed by atoms with E-state index in [-0.39, 0.29) is 22.1 Å². The van der Waals surface area contributed by atoms with Crippen molar-refractivity contribution in [1.82, 2.24) is 9.88 Å². The Morgan fingerprint density at radius 3 is 2.14 bits per heavy atom. The lowest BCUT2D eigenvalue weighted by atomic mass is 10.00. The van der Waals surface area contributed by atoms with E-state index in [2.05, 4.69) is 14.6 Å². The van der Waals surface area contributed by atoms with Gasteiger partial charge in [-0.25, -0.2) is 8.42 Å². The van der Waals surface area contributed by atoms with Crippen LogP contribution in [0.3, 0.4) is 0 Å². The molecule has 1 N–H and O–H groups in total. The molecule has 1 heterocycles. The Morgan fingerprint density at radius 2 is 1.61 bits per heavy atom. The van der Waals surface area contributed by atoms with E-state index in [4.69, 9.17) is 4.52 Å². The molecule has 6 nitrogen and oxygen atoms in total. The van der Waals surface area contributed by atoms with E-state index in [0.717, 1.165) is 0 Å². The van der Waals surface area contributed by atoms with Gasteiger partial charge in [0.25, 0.3) is 0 Å². The summed E-state index contributed by atoms with van der Waals surface area (Å²) in [5.74, 6) is 0.164. The first-order valence-electron chi connectivity index (χ1n) is 8.33. The van der Waals surface area contributed by atoms with Crippen LogP contribution in [0, 0.1) is 13.8 Å². The van der Waals surface area contributed by atoms with Crippen molar-refractivity contribution in [2.24, 2.45) is 0 Å². The molecule has 0 aliphatic carbocycles. The molecule has 0 saturated carbocycles. The number of benzene rings is 2. The highest BCUT2D eigenvalue weighted by atomic mass is 32.2. The Labute approximate surface area is 161 Å². The number of aryl methyl sites for hydroxylation is 2. The molecule has 3 aromatic rings. The fraction of sp³-hybridized carbons (Fsp3) is 0.211. The second-order valence-corrected chi connectivity index (χ2v) is 7.72. The van der Waals surface area contributed by atoms with Gasteiger partial charge in [-0.1, -0.05) is 47.6 Å². The van der Waals surface area contributed by atoms with Crippen LogP contribution in [0.5, 0.6) is 5.75 Å². The van der Waals surface area contributed by atoms with Gasteiger partial charge in [0.1, 0.15) is 16.3 Å². The molecular weight excluding hydrogens is 390 g/mol. The topological polar surface area (TPSA) is 81.4 Å². The van der Waals surface area contributed by atoms with E-state index >= 15 is 0 Å². The number of aromatic nitrogens is 1. The van der Waals surface area contributed by atoms with Gasteiger partial charge in [0.2, 0.25) is 10.0 Å². The minimum atomic E-state index is -3.96. The van der Waals surface area contributed by atoms with Crippen LogP contribution in [-0.2, 0) is 10.0 Å². The molecule has 0 spiro atoms. The summed E-state index contributed by atoms with van der Waals surface area (Å²) < 4.78 is 62.7. The Morgan fingerprint density at radius 1 is 1.00 bits per heavy atom. The summed E-state index contributed by atoms with van der Waals surface area (Å²) in [6.45, 7) is 0.121.